The van der Waals surface area contributed by atoms with Gasteiger partial charge >= 0.3 is 12.1 Å². The van der Waals surface area contributed by atoms with E-state index in [9.17, 15) is 14.7 Å². The molecule has 180 valence electrons. The van der Waals surface area contributed by atoms with Gasteiger partial charge in [0.05, 0.1) is 0 Å². The van der Waals surface area contributed by atoms with Crippen LogP contribution in [0, 0.1) is 6.92 Å². The number of ether oxygens (including phenoxy) is 1. The maximum atomic E-state index is 12.6. The molecule has 1 aliphatic rings. The molecule has 0 saturated heterocycles. The van der Waals surface area contributed by atoms with Gasteiger partial charge in [0.25, 0.3) is 0 Å². The second kappa shape index (κ2) is 9.91. The summed E-state index contributed by atoms with van der Waals surface area (Å²) < 4.78 is 5.50. The van der Waals surface area contributed by atoms with Crippen LogP contribution in [-0.2, 0) is 16.0 Å². The van der Waals surface area contributed by atoms with Crippen LogP contribution in [0.25, 0.3) is 22.5 Å². The Labute approximate surface area is 207 Å². The van der Waals surface area contributed by atoms with Crippen LogP contribution in [-0.4, -0.2) is 50.2 Å². The van der Waals surface area contributed by atoms with Gasteiger partial charge in [-0.1, -0.05) is 72.8 Å². The summed E-state index contributed by atoms with van der Waals surface area (Å²) in [5.41, 5.74) is 5.84. The lowest BCUT2D eigenvalue weighted by molar-refractivity contribution is -0.139. The third-order valence-electron chi connectivity index (χ3n) is 6.16. The van der Waals surface area contributed by atoms with Crippen LogP contribution < -0.4 is 5.32 Å². The van der Waals surface area contributed by atoms with Crippen molar-refractivity contribution in [2.75, 3.05) is 6.61 Å². The summed E-state index contributed by atoms with van der Waals surface area (Å²) in [5, 5.41) is 27.9. The number of benzene rings is 3. The monoisotopic (exact) mass is 481 g/mol. The molecule has 2 N–H and O–H groups in total. The highest BCUT2D eigenvalue weighted by Crippen LogP contribution is 2.44. The van der Waals surface area contributed by atoms with E-state index in [1.165, 1.54) is 0 Å². The Kier molecular flexibility index (Phi) is 6.36. The molecule has 0 saturated carbocycles. The van der Waals surface area contributed by atoms with Gasteiger partial charge in [0.15, 0.2) is 5.82 Å². The quantitative estimate of drug-likeness (QED) is 0.408. The Hall–Kier alpha value is -4.66. The number of fused-ring (bicyclic) bond motifs is 3. The van der Waals surface area contributed by atoms with Gasteiger partial charge in [0, 0.05) is 17.9 Å². The molecular formula is C27H23N5O4. The van der Waals surface area contributed by atoms with Crippen molar-refractivity contribution in [3.63, 3.8) is 0 Å². The molecule has 0 spiro atoms. The molecule has 1 atom stereocenters. The normalized spacial score (nSPS) is 12.9. The van der Waals surface area contributed by atoms with E-state index < -0.39 is 18.1 Å². The Balaban J connectivity index is 1.22. The van der Waals surface area contributed by atoms with Gasteiger partial charge in [0.2, 0.25) is 5.82 Å². The van der Waals surface area contributed by atoms with Crippen molar-refractivity contribution in [3.8, 4) is 22.5 Å². The third kappa shape index (κ3) is 4.76. The number of carboxylic acids is 1. The minimum atomic E-state index is -1.15. The zero-order valence-corrected chi connectivity index (χ0v) is 19.5. The predicted octanol–water partition coefficient (Wildman–Crippen LogP) is 3.78. The average Bonchev–Trinajstić information content (AvgIpc) is 3.22. The maximum Gasteiger partial charge on any atom is 0.407 e. The van der Waals surface area contributed by atoms with Crippen molar-refractivity contribution in [2.24, 2.45) is 0 Å². The van der Waals surface area contributed by atoms with E-state index in [0.717, 1.165) is 27.8 Å². The number of amides is 1. The van der Waals surface area contributed by atoms with Gasteiger partial charge in [-0.2, -0.15) is 0 Å². The Bertz CT molecular complexity index is 1360. The molecule has 1 aromatic heterocycles. The molecular weight excluding hydrogens is 458 g/mol. The molecule has 0 bridgehead atoms. The molecule has 9 heteroatoms. The predicted molar refractivity (Wildman–Crippen MR) is 131 cm³/mol. The number of aliphatic carboxylic acids is 1. The van der Waals surface area contributed by atoms with Crippen LogP contribution in [0.5, 0.6) is 0 Å². The van der Waals surface area contributed by atoms with E-state index in [4.69, 9.17) is 4.74 Å². The summed E-state index contributed by atoms with van der Waals surface area (Å²) in [6.45, 7) is 1.81. The number of hydrogen-bond acceptors (Lipinski definition) is 7. The standard InChI is InChI=1S/C27H23N5O4/c1-16-29-31-25(32-30-16)18-12-10-17(11-13-18)14-24(26(33)34)28-27(35)36-15-23-21-8-4-2-6-19(21)20-7-3-5-9-22(20)23/h2-13,23-24H,14-15H2,1H3,(H,28,35)(H,33,34)/t24-/m0/s1. The number of nitrogens with zero attached hydrogens (tertiary/aromatic N) is 4. The number of carboxylic acid groups (broad SMARTS) is 1. The van der Waals surface area contributed by atoms with E-state index in [-0.39, 0.29) is 18.9 Å². The van der Waals surface area contributed by atoms with E-state index >= 15 is 0 Å². The van der Waals surface area contributed by atoms with E-state index in [1.54, 1.807) is 31.2 Å². The molecule has 0 aliphatic heterocycles. The van der Waals surface area contributed by atoms with Gasteiger partial charge < -0.3 is 15.2 Å². The molecule has 5 rings (SSSR count). The van der Waals surface area contributed by atoms with Crippen molar-refractivity contribution < 1.29 is 19.4 Å². The van der Waals surface area contributed by atoms with E-state index in [0.29, 0.717) is 17.2 Å². The number of rotatable bonds is 7. The van der Waals surface area contributed by atoms with Crippen LogP contribution in [0.3, 0.4) is 0 Å². The van der Waals surface area contributed by atoms with Crippen LogP contribution in [0.1, 0.15) is 28.4 Å². The zero-order chi connectivity index (χ0) is 25.1. The van der Waals surface area contributed by atoms with Crippen LogP contribution >= 0.6 is 0 Å². The molecule has 36 heavy (non-hydrogen) atoms. The topological polar surface area (TPSA) is 127 Å². The lowest BCUT2D eigenvalue weighted by atomic mass is 9.98. The summed E-state index contributed by atoms with van der Waals surface area (Å²) >= 11 is 0. The first kappa shape index (κ1) is 23.1. The first-order valence-electron chi connectivity index (χ1n) is 11.5. The maximum absolute atomic E-state index is 12.6. The SMILES string of the molecule is Cc1nnc(-c2ccc(C[C@H](NC(=O)OCC3c4ccccc4-c4ccccc43)C(=O)O)cc2)nn1. The van der Waals surface area contributed by atoms with Crippen molar-refractivity contribution in [1.82, 2.24) is 25.7 Å². The van der Waals surface area contributed by atoms with Gasteiger partial charge in [-0.25, -0.2) is 9.59 Å². The first-order chi connectivity index (χ1) is 17.5. The van der Waals surface area contributed by atoms with Crippen molar-refractivity contribution >= 4 is 12.1 Å². The Morgan fingerprint density at radius 1 is 0.889 bits per heavy atom. The molecule has 1 amide bonds. The molecule has 0 unspecified atom stereocenters. The minimum Gasteiger partial charge on any atom is -0.480 e. The number of carbonyl (C=O) groups excluding carboxylic acids is 1. The number of hydrogen-bond donors (Lipinski definition) is 2. The van der Waals surface area contributed by atoms with Crippen LogP contribution in [0.15, 0.2) is 72.8 Å². The summed E-state index contributed by atoms with van der Waals surface area (Å²) in [4.78, 5) is 24.4. The van der Waals surface area contributed by atoms with Crippen LogP contribution in [0.4, 0.5) is 4.79 Å². The van der Waals surface area contributed by atoms with E-state index in [2.05, 4.69) is 37.8 Å². The molecule has 1 heterocycles. The second-order valence-electron chi connectivity index (χ2n) is 8.53. The minimum absolute atomic E-state index is 0.0884. The van der Waals surface area contributed by atoms with Gasteiger partial charge in [-0.3, -0.25) is 0 Å². The Morgan fingerprint density at radius 3 is 2.06 bits per heavy atom. The largest absolute Gasteiger partial charge is 0.480 e. The summed E-state index contributed by atoms with van der Waals surface area (Å²) in [5.74, 6) is -0.410. The molecule has 1 aliphatic carbocycles. The lowest BCUT2D eigenvalue weighted by Gasteiger charge is -2.17. The second-order valence-corrected chi connectivity index (χ2v) is 8.53. The molecule has 4 aromatic rings. The highest BCUT2D eigenvalue weighted by atomic mass is 16.5. The fourth-order valence-electron chi connectivity index (χ4n) is 4.40. The molecule has 9 nitrogen and oxygen atoms in total. The van der Waals surface area contributed by atoms with Gasteiger partial charge in [-0.05, 0) is 34.7 Å². The fourth-order valence-corrected chi connectivity index (χ4v) is 4.40. The molecule has 0 fully saturated rings. The number of aromatic nitrogens is 4. The smallest absolute Gasteiger partial charge is 0.407 e. The summed E-state index contributed by atoms with van der Waals surface area (Å²) in [6.07, 6.45) is -0.684. The van der Waals surface area contributed by atoms with Crippen molar-refractivity contribution in [1.29, 1.82) is 0 Å². The molecule has 3 aromatic carbocycles. The number of nitrogens with one attached hydrogen (secondary N) is 1. The highest BCUT2D eigenvalue weighted by Gasteiger charge is 2.29. The summed E-state index contributed by atoms with van der Waals surface area (Å²) in [6, 6.07) is 21.9. The highest BCUT2D eigenvalue weighted by molar-refractivity contribution is 5.81. The number of carbonyl (C=O) groups is 2. The van der Waals surface area contributed by atoms with Gasteiger partial charge in [-0.15, -0.1) is 20.4 Å². The van der Waals surface area contributed by atoms with Crippen molar-refractivity contribution in [2.45, 2.75) is 25.3 Å². The summed E-state index contributed by atoms with van der Waals surface area (Å²) in [7, 11) is 0. The fraction of sp³-hybridized carbons (Fsp3) is 0.185. The molecule has 0 radical (unpaired) electrons. The Morgan fingerprint density at radius 2 is 1.47 bits per heavy atom. The lowest BCUT2D eigenvalue weighted by Crippen LogP contribution is -2.42. The van der Waals surface area contributed by atoms with Crippen LogP contribution in [0.2, 0.25) is 0 Å². The zero-order valence-electron chi connectivity index (χ0n) is 19.5. The van der Waals surface area contributed by atoms with Gasteiger partial charge in [0.1, 0.15) is 12.6 Å². The van der Waals surface area contributed by atoms with Crippen molar-refractivity contribution in [3.05, 3.63) is 95.3 Å². The average molecular weight is 482 g/mol. The van der Waals surface area contributed by atoms with E-state index in [1.807, 2.05) is 36.4 Å². The third-order valence-corrected chi connectivity index (χ3v) is 6.16. The number of aryl methyl sites for hydroxylation is 1. The number of alkyl carbamates (subject to hydrolysis) is 1. The first-order valence-corrected chi connectivity index (χ1v) is 11.5.